The molecule has 0 amide bonds. The first-order valence-electron chi connectivity index (χ1n) is 32.3. The zero-order valence-electron chi connectivity index (χ0n) is 49.4. The summed E-state index contributed by atoms with van der Waals surface area (Å²) < 4.78 is 16.8. The number of unbranched alkanes of at least 4 members (excludes halogenated alkanes) is 38. The van der Waals surface area contributed by atoms with E-state index in [0.717, 1.165) is 83.5 Å². The quantitative estimate of drug-likeness (QED) is 0.0261. The number of hydrogen-bond donors (Lipinski definition) is 0. The molecule has 6 nitrogen and oxygen atoms in total. The van der Waals surface area contributed by atoms with Gasteiger partial charge in [-0.1, -0.05) is 287 Å². The lowest BCUT2D eigenvalue weighted by Gasteiger charge is -2.18. The highest BCUT2D eigenvalue weighted by Gasteiger charge is 2.19. The van der Waals surface area contributed by atoms with E-state index in [-0.39, 0.29) is 31.1 Å². The van der Waals surface area contributed by atoms with E-state index >= 15 is 0 Å². The van der Waals surface area contributed by atoms with Gasteiger partial charge in [-0.05, 0) is 89.9 Å². The van der Waals surface area contributed by atoms with Crippen LogP contribution in [0, 0.1) is 0 Å². The molecular formula is C68H122O6. The lowest BCUT2D eigenvalue weighted by Crippen LogP contribution is -2.30. The molecule has 1 atom stereocenters. The Bertz CT molecular complexity index is 1330. The Kier molecular flexibility index (Phi) is 60.2. The molecule has 0 aliphatic heterocycles. The first-order valence-corrected chi connectivity index (χ1v) is 32.3. The van der Waals surface area contributed by atoms with Crippen LogP contribution in [0.15, 0.2) is 60.8 Å². The Hall–Kier alpha value is -2.89. The maximum atomic E-state index is 12.8. The molecule has 1 unspecified atom stereocenters. The summed E-state index contributed by atoms with van der Waals surface area (Å²) in [6.07, 6.45) is 79.8. The van der Waals surface area contributed by atoms with Crippen LogP contribution in [0.25, 0.3) is 0 Å². The summed E-state index contributed by atoms with van der Waals surface area (Å²) in [6, 6.07) is 0. The summed E-state index contributed by atoms with van der Waals surface area (Å²) in [4.78, 5) is 38.0. The molecule has 0 saturated carbocycles. The second-order valence-electron chi connectivity index (χ2n) is 21.7. The van der Waals surface area contributed by atoms with Crippen molar-refractivity contribution in [3.63, 3.8) is 0 Å². The van der Waals surface area contributed by atoms with Gasteiger partial charge in [-0.25, -0.2) is 0 Å². The Balaban J connectivity index is 4.07. The molecule has 0 aliphatic carbocycles. The number of allylic oxidation sites excluding steroid dienone is 10. The van der Waals surface area contributed by atoms with Gasteiger partial charge in [-0.15, -0.1) is 0 Å². The molecule has 0 aliphatic rings. The number of carbonyl (C=O) groups excluding carboxylic acids is 3. The smallest absolute Gasteiger partial charge is 0.306 e. The van der Waals surface area contributed by atoms with Gasteiger partial charge in [0, 0.05) is 19.3 Å². The second-order valence-corrected chi connectivity index (χ2v) is 21.7. The standard InChI is InChI=1S/C68H122O6/c1-4-7-10-13-16-18-20-22-24-26-28-30-32-33-34-35-37-38-40-42-44-46-48-50-52-55-58-61-67(70)73-64-65(63-72-66(69)60-57-54-15-12-9-6-3)74-68(71)62-59-56-53-51-49-47-45-43-41-39-36-31-29-27-25-23-21-19-17-14-11-8-5-2/h20-23,26-29,36,39,65H,4-19,24-25,30-35,37-38,40-64H2,1-3H3/b22-20-,23-21-,28-26-,29-27-,39-36-. The van der Waals surface area contributed by atoms with Gasteiger partial charge >= 0.3 is 17.9 Å². The average molecular weight is 1040 g/mol. The summed E-state index contributed by atoms with van der Waals surface area (Å²) >= 11 is 0. The minimum Gasteiger partial charge on any atom is -0.462 e. The molecule has 6 heteroatoms. The molecule has 74 heavy (non-hydrogen) atoms. The monoisotopic (exact) mass is 1030 g/mol. The molecule has 0 rings (SSSR count). The van der Waals surface area contributed by atoms with E-state index in [9.17, 15) is 14.4 Å². The number of esters is 3. The SMILES string of the molecule is CCCCCCC/C=C\C/C=C\C/C=C\CCCCCCCCCCC(=O)OC(COC(=O)CCCCCCCC)COC(=O)CCCCCCCCCCCCCCCCC/C=C\C/C=C\CCCCCCC. The van der Waals surface area contributed by atoms with Crippen LogP contribution in [-0.4, -0.2) is 37.2 Å². The fourth-order valence-corrected chi connectivity index (χ4v) is 9.36. The molecular weight excluding hydrogens is 913 g/mol. The minimum absolute atomic E-state index is 0.0748. The fourth-order valence-electron chi connectivity index (χ4n) is 9.36. The molecule has 0 aromatic heterocycles. The van der Waals surface area contributed by atoms with Gasteiger partial charge < -0.3 is 14.2 Å². The third-order valence-electron chi connectivity index (χ3n) is 14.2. The average Bonchev–Trinajstić information content (AvgIpc) is 3.40. The lowest BCUT2D eigenvalue weighted by atomic mass is 10.0. The van der Waals surface area contributed by atoms with Crippen LogP contribution in [0.2, 0.25) is 0 Å². The van der Waals surface area contributed by atoms with Crippen LogP contribution in [0.3, 0.4) is 0 Å². The van der Waals surface area contributed by atoms with Crippen molar-refractivity contribution in [2.45, 2.75) is 341 Å². The van der Waals surface area contributed by atoms with E-state index < -0.39 is 6.10 Å². The van der Waals surface area contributed by atoms with Gasteiger partial charge in [0.25, 0.3) is 0 Å². The van der Waals surface area contributed by atoms with Crippen molar-refractivity contribution in [2.75, 3.05) is 13.2 Å². The molecule has 0 bridgehead atoms. The van der Waals surface area contributed by atoms with Gasteiger partial charge in [0.15, 0.2) is 6.10 Å². The molecule has 0 radical (unpaired) electrons. The number of ether oxygens (including phenoxy) is 3. The van der Waals surface area contributed by atoms with Crippen LogP contribution < -0.4 is 0 Å². The van der Waals surface area contributed by atoms with Crippen molar-refractivity contribution in [3.8, 4) is 0 Å². The van der Waals surface area contributed by atoms with Crippen LogP contribution in [0.1, 0.15) is 335 Å². The third kappa shape index (κ3) is 60.0. The van der Waals surface area contributed by atoms with Crippen LogP contribution in [-0.2, 0) is 28.6 Å². The molecule has 0 aromatic carbocycles. The van der Waals surface area contributed by atoms with Gasteiger partial charge in [-0.2, -0.15) is 0 Å². The van der Waals surface area contributed by atoms with Crippen LogP contribution in [0.4, 0.5) is 0 Å². The number of carbonyl (C=O) groups is 3. The van der Waals surface area contributed by atoms with E-state index in [1.165, 1.54) is 212 Å². The summed E-state index contributed by atoms with van der Waals surface area (Å²) in [5.41, 5.74) is 0. The Morgan fingerprint density at radius 3 is 0.757 bits per heavy atom. The maximum absolute atomic E-state index is 12.8. The van der Waals surface area contributed by atoms with Crippen LogP contribution in [0.5, 0.6) is 0 Å². The predicted octanol–water partition coefficient (Wildman–Crippen LogP) is 21.9. The maximum Gasteiger partial charge on any atom is 0.306 e. The highest BCUT2D eigenvalue weighted by Crippen LogP contribution is 2.17. The number of hydrogen-bond acceptors (Lipinski definition) is 6. The topological polar surface area (TPSA) is 78.9 Å². The lowest BCUT2D eigenvalue weighted by molar-refractivity contribution is -0.167. The van der Waals surface area contributed by atoms with Gasteiger partial charge in [0.1, 0.15) is 13.2 Å². The zero-order chi connectivity index (χ0) is 53.6. The third-order valence-corrected chi connectivity index (χ3v) is 14.2. The van der Waals surface area contributed by atoms with E-state index in [4.69, 9.17) is 14.2 Å². The van der Waals surface area contributed by atoms with E-state index in [2.05, 4.69) is 81.5 Å². The summed E-state index contributed by atoms with van der Waals surface area (Å²) in [7, 11) is 0. The molecule has 430 valence electrons. The molecule has 0 N–H and O–H groups in total. The highest BCUT2D eigenvalue weighted by atomic mass is 16.6. The zero-order valence-corrected chi connectivity index (χ0v) is 49.4. The Morgan fingerprint density at radius 2 is 0.486 bits per heavy atom. The molecule has 0 heterocycles. The van der Waals surface area contributed by atoms with Crippen molar-refractivity contribution in [1.82, 2.24) is 0 Å². The second kappa shape index (κ2) is 62.6. The predicted molar refractivity (Wildman–Crippen MR) is 321 cm³/mol. The minimum atomic E-state index is -0.775. The van der Waals surface area contributed by atoms with Crippen molar-refractivity contribution in [3.05, 3.63) is 60.8 Å². The fraction of sp³-hybridized carbons (Fsp3) is 0.809. The highest BCUT2D eigenvalue weighted by molar-refractivity contribution is 5.71. The summed E-state index contributed by atoms with van der Waals surface area (Å²) in [5.74, 6) is -0.877. The first-order chi connectivity index (χ1) is 36.5. The van der Waals surface area contributed by atoms with Crippen molar-refractivity contribution < 1.29 is 28.6 Å². The van der Waals surface area contributed by atoms with Gasteiger partial charge in [-0.3, -0.25) is 14.4 Å². The molecule has 0 fully saturated rings. The Labute approximate surface area is 460 Å². The van der Waals surface area contributed by atoms with Crippen molar-refractivity contribution in [2.24, 2.45) is 0 Å². The molecule has 0 aromatic rings. The van der Waals surface area contributed by atoms with E-state index in [0.29, 0.717) is 19.3 Å². The largest absolute Gasteiger partial charge is 0.462 e. The normalized spacial score (nSPS) is 12.4. The summed E-state index contributed by atoms with van der Waals surface area (Å²) in [6.45, 7) is 6.59. The van der Waals surface area contributed by atoms with Gasteiger partial charge in [0.2, 0.25) is 0 Å². The molecule has 0 saturated heterocycles. The van der Waals surface area contributed by atoms with Crippen molar-refractivity contribution >= 4 is 17.9 Å². The van der Waals surface area contributed by atoms with E-state index in [1.54, 1.807) is 0 Å². The van der Waals surface area contributed by atoms with Gasteiger partial charge in [0.05, 0.1) is 0 Å². The van der Waals surface area contributed by atoms with Crippen molar-refractivity contribution in [1.29, 1.82) is 0 Å². The summed E-state index contributed by atoms with van der Waals surface area (Å²) in [5, 5.41) is 0. The first kappa shape index (κ1) is 71.1. The van der Waals surface area contributed by atoms with E-state index in [1.807, 2.05) is 0 Å². The Morgan fingerprint density at radius 1 is 0.270 bits per heavy atom. The van der Waals surface area contributed by atoms with Crippen LogP contribution >= 0.6 is 0 Å². The molecule has 0 spiro atoms. The number of rotatable bonds is 59.